The molecule has 1 heterocycles. The first-order valence-electron chi connectivity index (χ1n) is 6.63. The molecular weight excluding hydrogens is 303 g/mol. The molecule has 0 amide bonds. The second-order valence-electron chi connectivity index (χ2n) is 4.70. The highest BCUT2D eigenvalue weighted by Crippen LogP contribution is 2.34. The normalized spacial score (nSPS) is 12.3. The number of tetrazole rings is 1. The van der Waals surface area contributed by atoms with E-state index in [2.05, 4.69) is 15.5 Å². The molecule has 0 aliphatic carbocycles. The van der Waals surface area contributed by atoms with Gasteiger partial charge in [0.25, 0.3) is 0 Å². The minimum absolute atomic E-state index is 0.0717. The summed E-state index contributed by atoms with van der Waals surface area (Å²) in [4.78, 5) is 0. The third-order valence-electron chi connectivity index (χ3n) is 3.16. The molecule has 0 aliphatic heterocycles. The van der Waals surface area contributed by atoms with E-state index in [0.717, 1.165) is 11.3 Å². The minimum Gasteiger partial charge on any atom is -0.508 e. The quantitative estimate of drug-likeness (QED) is 0.748. The van der Waals surface area contributed by atoms with Crippen LogP contribution in [0.2, 0.25) is 0 Å². The number of hydrogen-bond acceptors (Lipinski definition) is 5. The Bertz CT molecular complexity index is 758. The second-order valence-corrected chi connectivity index (χ2v) is 6.01. The number of aromatic hydroxyl groups is 1. The summed E-state index contributed by atoms with van der Waals surface area (Å²) in [7, 11) is 0. The molecule has 22 heavy (non-hydrogen) atoms. The van der Waals surface area contributed by atoms with Crippen molar-refractivity contribution in [3.8, 4) is 11.4 Å². The lowest BCUT2D eigenvalue weighted by Gasteiger charge is -2.11. The van der Waals surface area contributed by atoms with E-state index >= 15 is 0 Å². The summed E-state index contributed by atoms with van der Waals surface area (Å²) >= 11 is 1.48. The third kappa shape index (κ3) is 3.09. The highest BCUT2D eigenvalue weighted by molar-refractivity contribution is 7.99. The van der Waals surface area contributed by atoms with Crippen molar-refractivity contribution in [1.29, 1.82) is 0 Å². The first-order chi connectivity index (χ1) is 10.6. The summed E-state index contributed by atoms with van der Waals surface area (Å²) in [6.07, 6.45) is 0. The average Bonchev–Trinajstić information content (AvgIpc) is 2.97. The van der Waals surface area contributed by atoms with Gasteiger partial charge in [-0.05, 0) is 59.3 Å². The number of phenols is 1. The Morgan fingerprint density at radius 2 is 1.77 bits per heavy atom. The van der Waals surface area contributed by atoms with E-state index in [1.54, 1.807) is 41.1 Å². The number of hydrogen-bond donors (Lipinski definition) is 1. The number of benzene rings is 2. The topological polar surface area (TPSA) is 63.8 Å². The van der Waals surface area contributed by atoms with Crippen molar-refractivity contribution in [2.75, 3.05) is 0 Å². The van der Waals surface area contributed by atoms with Crippen LogP contribution < -0.4 is 0 Å². The Labute approximate surface area is 130 Å². The average molecular weight is 316 g/mol. The van der Waals surface area contributed by atoms with Crippen LogP contribution >= 0.6 is 11.8 Å². The van der Waals surface area contributed by atoms with E-state index < -0.39 is 0 Å². The fourth-order valence-electron chi connectivity index (χ4n) is 1.97. The Balaban J connectivity index is 1.83. The van der Waals surface area contributed by atoms with Crippen molar-refractivity contribution in [3.05, 3.63) is 59.9 Å². The van der Waals surface area contributed by atoms with E-state index in [0.29, 0.717) is 5.16 Å². The first kappa shape index (κ1) is 14.5. The van der Waals surface area contributed by atoms with Crippen LogP contribution in [0.25, 0.3) is 5.69 Å². The number of thioether (sulfide) groups is 1. The molecule has 0 aliphatic rings. The Morgan fingerprint density at radius 1 is 1.09 bits per heavy atom. The van der Waals surface area contributed by atoms with Crippen LogP contribution in [0.15, 0.2) is 53.7 Å². The molecule has 0 saturated carbocycles. The summed E-state index contributed by atoms with van der Waals surface area (Å²) in [6, 6.07) is 13.0. The highest BCUT2D eigenvalue weighted by Gasteiger charge is 2.14. The summed E-state index contributed by atoms with van der Waals surface area (Å²) < 4.78 is 14.6. The van der Waals surface area contributed by atoms with Crippen LogP contribution in [0.1, 0.15) is 17.7 Å². The van der Waals surface area contributed by atoms with Crippen molar-refractivity contribution < 1.29 is 9.50 Å². The number of halogens is 1. The molecule has 3 rings (SSSR count). The number of rotatable bonds is 4. The summed E-state index contributed by atoms with van der Waals surface area (Å²) in [5, 5.41) is 21.7. The molecule has 1 N–H and O–H groups in total. The maximum Gasteiger partial charge on any atom is 0.214 e. The maximum absolute atomic E-state index is 13.0. The SMILES string of the molecule is CC(Sc1nnnn1-c1ccc(O)cc1)c1ccc(F)cc1. The van der Waals surface area contributed by atoms with Gasteiger partial charge in [-0.25, -0.2) is 4.39 Å². The van der Waals surface area contributed by atoms with Crippen LogP contribution in [0.3, 0.4) is 0 Å². The van der Waals surface area contributed by atoms with E-state index in [-0.39, 0.29) is 16.8 Å². The molecule has 5 nitrogen and oxygen atoms in total. The Hall–Kier alpha value is -2.41. The molecule has 1 atom stereocenters. The van der Waals surface area contributed by atoms with E-state index in [4.69, 9.17) is 0 Å². The molecule has 0 spiro atoms. The van der Waals surface area contributed by atoms with Gasteiger partial charge in [0.15, 0.2) is 0 Å². The van der Waals surface area contributed by atoms with Gasteiger partial charge in [-0.2, -0.15) is 4.68 Å². The van der Waals surface area contributed by atoms with E-state index in [1.807, 2.05) is 6.92 Å². The molecule has 0 saturated heterocycles. The van der Waals surface area contributed by atoms with Gasteiger partial charge in [-0.1, -0.05) is 23.9 Å². The van der Waals surface area contributed by atoms with Crippen LogP contribution in [0, 0.1) is 5.82 Å². The molecule has 7 heteroatoms. The fraction of sp³-hybridized carbons (Fsp3) is 0.133. The first-order valence-corrected chi connectivity index (χ1v) is 7.51. The minimum atomic E-state index is -0.255. The zero-order valence-corrected chi connectivity index (χ0v) is 12.5. The smallest absolute Gasteiger partial charge is 0.214 e. The van der Waals surface area contributed by atoms with Crippen molar-refractivity contribution in [1.82, 2.24) is 20.2 Å². The lowest BCUT2D eigenvalue weighted by atomic mass is 10.2. The van der Waals surface area contributed by atoms with Crippen LogP contribution in [-0.4, -0.2) is 25.3 Å². The largest absolute Gasteiger partial charge is 0.508 e. The standard InChI is InChI=1S/C15H13FN4OS/c1-10(11-2-4-12(16)5-3-11)22-15-17-18-19-20(15)13-6-8-14(21)9-7-13/h2-10,21H,1H3. The summed E-state index contributed by atoms with van der Waals surface area (Å²) in [5.74, 6) is -0.0689. The van der Waals surface area contributed by atoms with Gasteiger partial charge in [0, 0.05) is 5.25 Å². The highest BCUT2D eigenvalue weighted by atomic mass is 32.2. The van der Waals surface area contributed by atoms with Crippen molar-refractivity contribution in [3.63, 3.8) is 0 Å². The molecule has 0 bridgehead atoms. The maximum atomic E-state index is 13.0. The zero-order chi connectivity index (χ0) is 15.5. The number of nitrogens with zero attached hydrogens (tertiary/aromatic N) is 4. The van der Waals surface area contributed by atoms with Gasteiger partial charge in [0.2, 0.25) is 5.16 Å². The number of phenolic OH excluding ortho intramolecular Hbond substituents is 1. The van der Waals surface area contributed by atoms with Gasteiger partial charge in [0.1, 0.15) is 11.6 Å². The van der Waals surface area contributed by atoms with Gasteiger partial charge in [0.05, 0.1) is 5.69 Å². The molecule has 112 valence electrons. The van der Waals surface area contributed by atoms with E-state index in [1.165, 1.54) is 23.9 Å². The van der Waals surface area contributed by atoms with Crippen molar-refractivity contribution in [2.24, 2.45) is 0 Å². The van der Waals surface area contributed by atoms with Crippen molar-refractivity contribution >= 4 is 11.8 Å². The summed E-state index contributed by atoms with van der Waals surface area (Å²) in [5.41, 5.74) is 1.75. The predicted molar refractivity (Wildman–Crippen MR) is 81.5 cm³/mol. The van der Waals surface area contributed by atoms with Crippen LogP contribution in [0.4, 0.5) is 4.39 Å². The lowest BCUT2D eigenvalue weighted by Crippen LogP contribution is -2.00. The molecular formula is C15H13FN4OS. The van der Waals surface area contributed by atoms with Crippen LogP contribution in [-0.2, 0) is 0 Å². The Morgan fingerprint density at radius 3 is 2.45 bits per heavy atom. The van der Waals surface area contributed by atoms with Crippen LogP contribution in [0.5, 0.6) is 5.75 Å². The monoisotopic (exact) mass is 316 g/mol. The Kier molecular flexibility index (Phi) is 4.06. The summed E-state index contributed by atoms with van der Waals surface area (Å²) in [6.45, 7) is 2.01. The fourth-order valence-corrected chi connectivity index (χ4v) is 2.90. The van der Waals surface area contributed by atoms with E-state index in [9.17, 15) is 9.50 Å². The van der Waals surface area contributed by atoms with Gasteiger partial charge < -0.3 is 5.11 Å². The molecule has 1 unspecified atom stereocenters. The van der Waals surface area contributed by atoms with Gasteiger partial charge in [-0.15, -0.1) is 5.10 Å². The third-order valence-corrected chi connectivity index (χ3v) is 4.25. The van der Waals surface area contributed by atoms with Gasteiger partial charge >= 0.3 is 0 Å². The van der Waals surface area contributed by atoms with Gasteiger partial charge in [-0.3, -0.25) is 0 Å². The molecule has 0 radical (unpaired) electrons. The zero-order valence-electron chi connectivity index (χ0n) is 11.7. The lowest BCUT2D eigenvalue weighted by molar-refractivity contribution is 0.475. The molecule has 2 aromatic carbocycles. The molecule has 1 aromatic heterocycles. The number of aromatic nitrogens is 4. The molecule has 3 aromatic rings. The van der Waals surface area contributed by atoms with Crippen molar-refractivity contribution in [2.45, 2.75) is 17.3 Å². The predicted octanol–water partition coefficient (Wildman–Crippen LogP) is 3.36. The second kappa shape index (κ2) is 6.15. The molecule has 0 fully saturated rings.